The third kappa shape index (κ3) is 3.69. The van der Waals surface area contributed by atoms with E-state index in [4.69, 9.17) is 5.73 Å². The van der Waals surface area contributed by atoms with Gasteiger partial charge < -0.3 is 11.1 Å². The molecule has 1 aliphatic rings. The summed E-state index contributed by atoms with van der Waals surface area (Å²) in [6.45, 7) is 2.95. The second-order valence-corrected chi connectivity index (χ2v) is 5.58. The van der Waals surface area contributed by atoms with Gasteiger partial charge in [-0.15, -0.1) is 0 Å². The first-order chi connectivity index (χ1) is 9.06. The van der Waals surface area contributed by atoms with E-state index in [1.807, 2.05) is 0 Å². The number of nitrogens with one attached hydrogen (secondary N) is 1. The van der Waals surface area contributed by atoms with E-state index >= 15 is 0 Å². The highest BCUT2D eigenvalue weighted by atomic mass is 19.1. The highest BCUT2D eigenvalue weighted by molar-refractivity contribution is 5.95. The van der Waals surface area contributed by atoms with E-state index in [-0.39, 0.29) is 11.6 Å². The number of benzene rings is 1. The quantitative estimate of drug-likeness (QED) is 0.825. The average Bonchev–Trinajstić information content (AvgIpc) is 2.39. The Hall–Kier alpha value is -1.58. The van der Waals surface area contributed by atoms with E-state index in [0.717, 1.165) is 5.92 Å². The van der Waals surface area contributed by atoms with Crippen LogP contribution in [0.5, 0.6) is 0 Å². The molecule has 0 saturated heterocycles. The van der Waals surface area contributed by atoms with Crippen LogP contribution >= 0.6 is 0 Å². The Morgan fingerprint density at radius 2 is 2.26 bits per heavy atom. The minimum atomic E-state index is -0.488. The molecule has 2 rings (SSSR count). The van der Waals surface area contributed by atoms with E-state index in [9.17, 15) is 9.18 Å². The number of amides is 1. The third-order valence-corrected chi connectivity index (χ3v) is 3.85. The Balaban J connectivity index is 1.88. The molecule has 1 aromatic carbocycles. The Morgan fingerprint density at radius 3 is 2.95 bits per heavy atom. The van der Waals surface area contributed by atoms with Gasteiger partial charge >= 0.3 is 0 Å². The molecule has 2 unspecified atom stereocenters. The maximum atomic E-state index is 13.0. The van der Waals surface area contributed by atoms with Crippen molar-refractivity contribution < 1.29 is 9.18 Å². The summed E-state index contributed by atoms with van der Waals surface area (Å²) in [7, 11) is 0. The van der Waals surface area contributed by atoms with Crippen LogP contribution in [0.1, 0.15) is 43.0 Å². The van der Waals surface area contributed by atoms with Crippen molar-refractivity contribution in [1.29, 1.82) is 0 Å². The van der Waals surface area contributed by atoms with Gasteiger partial charge in [-0.25, -0.2) is 4.39 Å². The topological polar surface area (TPSA) is 55.1 Å². The molecular formula is C15H21FN2O. The number of hydrogen-bond acceptors (Lipinski definition) is 2. The fourth-order valence-electron chi connectivity index (χ4n) is 2.77. The van der Waals surface area contributed by atoms with Crippen LogP contribution in [0.3, 0.4) is 0 Å². The van der Waals surface area contributed by atoms with Gasteiger partial charge in [0.15, 0.2) is 0 Å². The highest BCUT2D eigenvalue weighted by Crippen LogP contribution is 2.28. The normalized spacial score (nSPS) is 23.1. The molecule has 1 saturated carbocycles. The van der Waals surface area contributed by atoms with Gasteiger partial charge in [0.25, 0.3) is 5.91 Å². The minimum absolute atomic E-state index is 0.0129. The van der Waals surface area contributed by atoms with E-state index in [0.29, 0.717) is 18.0 Å². The van der Waals surface area contributed by atoms with Crippen molar-refractivity contribution >= 4 is 11.6 Å². The molecule has 0 spiro atoms. The van der Waals surface area contributed by atoms with Crippen molar-refractivity contribution in [2.24, 2.45) is 11.8 Å². The first-order valence-electron chi connectivity index (χ1n) is 6.89. The Bertz CT molecular complexity index is 461. The summed E-state index contributed by atoms with van der Waals surface area (Å²) < 4.78 is 13.0. The molecule has 1 aromatic rings. The van der Waals surface area contributed by atoms with Gasteiger partial charge in [0.05, 0.1) is 5.69 Å². The first kappa shape index (κ1) is 13.8. The second kappa shape index (κ2) is 6.04. The maximum absolute atomic E-state index is 13.0. The summed E-state index contributed by atoms with van der Waals surface area (Å²) in [4.78, 5) is 11.9. The molecule has 0 radical (unpaired) electrons. The van der Waals surface area contributed by atoms with E-state index in [1.54, 1.807) is 0 Å². The zero-order valence-electron chi connectivity index (χ0n) is 11.3. The monoisotopic (exact) mass is 264 g/mol. The second-order valence-electron chi connectivity index (χ2n) is 5.58. The van der Waals surface area contributed by atoms with Crippen molar-refractivity contribution in [3.63, 3.8) is 0 Å². The molecule has 19 heavy (non-hydrogen) atoms. The van der Waals surface area contributed by atoms with Crippen LogP contribution in [0.2, 0.25) is 0 Å². The number of carbonyl (C=O) groups excluding carboxylic acids is 1. The van der Waals surface area contributed by atoms with Crippen molar-refractivity contribution in [2.45, 2.75) is 32.6 Å². The molecule has 3 nitrogen and oxygen atoms in total. The van der Waals surface area contributed by atoms with Crippen LogP contribution in [0.4, 0.5) is 10.1 Å². The zero-order valence-corrected chi connectivity index (χ0v) is 11.3. The van der Waals surface area contributed by atoms with Gasteiger partial charge in [0, 0.05) is 12.1 Å². The number of hydrogen-bond donors (Lipinski definition) is 2. The average molecular weight is 264 g/mol. The lowest BCUT2D eigenvalue weighted by Gasteiger charge is -2.26. The molecule has 1 fully saturated rings. The highest BCUT2D eigenvalue weighted by Gasteiger charge is 2.19. The molecule has 0 aromatic heterocycles. The standard InChI is InChI=1S/C15H21FN2O/c1-10-3-2-4-11(7-10)9-18-15(19)12-5-6-13(16)14(17)8-12/h5-6,8,10-11H,2-4,7,9,17H2,1H3,(H,18,19). The predicted molar refractivity (Wildman–Crippen MR) is 74.3 cm³/mol. The van der Waals surface area contributed by atoms with E-state index in [2.05, 4.69) is 12.2 Å². The first-order valence-corrected chi connectivity index (χ1v) is 6.89. The number of nitrogens with two attached hydrogens (primary N) is 1. The summed E-state index contributed by atoms with van der Waals surface area (Å²) in [5.41, 5.74) is 5.89. The Labute approximate surface area is 113 Å². The zero-order chi connectivity index (χ0) is 13.8. The van der Waals surface area contributed by atoms with Crippen molar-refractivity contribution in [3.05, 3.63) is 29.6 Å². The van der Waals surface area contributed by atoms with Crippen molar-refractivity contribution in [3.8, 4) is 0 Å². The molecular weight excluding hydrogens is 243 g/mol. The predicted octanol–water partition coefficient (Wildman–Crippen LogP) is 2.96. The van der Waals surface area contributed by atoms with Gasteiger partial charge in [-0.1, -0.05) is 19.8 Å². The van der Waals surface area contributed by atoms with Gasteiger partial charge in [-0.3, -0.25) is 4.79 Å². The van der Waals surface area contributed by atoms with Gasteiger partial charge in [-0.2, -0.15) is 0 Å². The lowest BCUT2D eigenvalue weighted by Crippen LogP contribution is -2.31. The number of halogens is 1. The van der Waals surface area contributed by atoms with Crippen molar-refractivity contribution in [1.82, 2.24) is 5.32 Å². The molecule has 1 aliphatic carbocycles. The molecule has 0 aliphatic heterocycles. The summed E-state index contributed by atoms with van der Waals surface area (Å²) in [6, 6.07) is 4.08. The summed E-state index contributed by atoms with van der Waals surface area (Å²) in [5.74, 6) is 0.644. The third-order valence-electron chi connectivity index (χ3n) is 3.85. The minimum Gasteiger partial charge on any atom is -0.396 e. The number of carbonyl (C=O) groups is 1. The van der Waals surface area contributed by atoms with E-state index in [1.165, 1.54) is 43.9 Å². The SMILES string of the molecule is CC1CCCC(CNC(=O)c2ccc(F)c(N)c2)C1. The largest absolute Gasteiger partial charge is 0.396 e. The summed E-state index contributed by atoms with van der Waals surface area (Å²) >= 11 is 0. The maximum Gasteiger partial charge on any atom is 0.251 e. The summed E-state index contributed by atoms with van der Waals surface area (Å²) in [6.07, 6.45) is 4.88. The van der Waals surface area contributed by atoms with Gasteiger partial charge in [0.1, 0.15) is 5.82 Å². The molecule has 3 N–H and O–H groups in total. The fraction of sp³-hybridized carbons (Fsp3) is 0.533. The molecule has 1 amide bonds. The Kier molecular flexibility index (Phi) is 4.40. The van der Waals surface area contributed by atoms with Crippen LogP contribution in [0, 0.1) is 17.7 Å². The Morgan fingerprint density at radius 1 is 1.47 bits per heavy atom. The smallest absolute Gasteiger partial charge is 0.251 e. The molecule has 0 bridgehead atoms. The van der Waals surface area contributed by atoms with Crippen LogP contribution < -0.4 is 11.1 Å². The van der Waals surface area contributed by atoms with E-state index < -0.39 is 5.82 Å². The number of nitrogen functional groups attached to an aromatic ring is 1. The van der Waals surface area contributed by atoms with Crippen LogP contribution in [0.15, 0.2) is 18.2 Å². The van der Waals surface area contributed by atoms with Crippen LogP contribution in [-0.4, -0.2) is 12.5 Å². The fourth-order valence-corrected chi connectivity index (χ4v) is 2.77. The summed E-state index contributed by atoms with van der Waals surface area (Å²) in [5, 5.41) is 2.92. The lowest BCUT2D eigenvalue weighted by atomic mass is 9.82. The molecule has 4 heteroatoms. The molecule has 104 valence electrons. The van der Waals surface area contributed by atoms with Crippen molar-refractivity contribution in [2.75, 3.05) is 12.3 Å². The number of anilines is 1. The van der Waals surface area contributed by atoms with Gasteiger partial charge in [0.2, 0.25) is 0 Å². The van der Waals surface area contributed by atoms with Crippen LogP contribution in [-0.2, 0) is 0 Å². The molecule has 0 heterocycles. The van der Waals surface area contributed by atoms with Gasteiger partial charge in [-0.05, 0) is 42.9 Å². The lowest BCUT2D eigenvalue weighted by molar-refractivity contribution is 0.0940. The molecule has 2 atom stereocenters. The number of rotatable bonds is 3. The van der Waals surface area contributed by atoms with Crippen LogP contribution in [0.25, 0.3) is 0 Å².